The first kappa shape index (κ1) is 19.3. The number of hydrogen-bond acceptors (Lipinski definition) is 6. The number of hydrogen-bond donors (Lipinski definition) is 0. The molecule has 0 N–H and O–H groups in total. The third-order valence-electron chi connectivity index (χ3n) is 3.69. The van der Waals surface area contributed by atoms with E-state index in [0.717, 1.165) is 22.5 Å². The highest BCUT2D eigenvalue weighted by Crippen LogP contribution is 2.33. The Balaban J connectivity index is 2.16. The maximum atomic E-state index is 12.5. The van der Waals surface area contributed by atoms with Gasteiger partial charge in [0.2, 0.25) is 0 Å². The number of thiophene rings is 1. The lowest BCUT2D eigenvalue weighted by atomic mass is 10.3. The van der Waals surface area contributed by atoms with Gasteiger partial charge in [0.05, 0.1) is 33.6 Å². The summed E-state index contributed by atoms with van der Waals surface area (Å²) in [6, 6.07) is 7.25. The minimum atomic E-state index is -0.287. The third kappa shape index (κ3) is 3.93. The summed E-state index contributed by atoms with van der Waals surface area (Å²) in [4.78, 5) is 18.0. The van der Waals surface area contributed by atoms with Crippen molar-refractivity contribution in [2.75, 3.05) is 26.2 Å². The van der Waals surface area contributed by atoms with Gasteiger partial charge in [-0.2, -0.15) is 16.8 Å². The standard InChI is InChI=1S/C17H17ClN2O3S3/c1-22-11-8-10-14(9-12(11)23-2)26-17(20(10)6-7-24-3)19-16(21)13-4-5-15(18)25-13/h4-5,8-9H,6-7H2,1-3H3. The van der Waals surface area contributed by atoms with Crippen molar-refractivity contribution in [3.05, 3.63) is 38.3 Å². The van der Waals surface area contributed by atoms with E-state index in [1.807, 2.05) is 23.0 Å². The van der Waals surface area contributed by atoms with Crippen molar-refractivity contribution in [3.63, 3.8) is 0 Å². The van der Waals surface area contributed by atoms with Crippen molar-refractivity contribution >= 4 is 62.2 Å². The lowest BCUT2D eigenvalue weighted by molar-refractivity contribution is 0.100. The minimum Gasteiger partial charge on any atom is -0.493 e. The van der Waals surface area contributed by atoms with Gasteiger partial charge in [-0.3, -0.25) is 4.79 Å². The molecule has 3 aromatic rings. The van der Waals surface area contributed by atoms with Crippen LogP contribution in [0.4, 0.5) is 0 Å². The van der Waals surface area contributed by atoms with E-state index < -0.39 is 0 Å². The second-order valence-corrected chi connectivity index (χ2v) is 8.93. The fourth-order valence-electron chi connectivity index (χ4n) is 2.45. The molecule has 1 aromatic carbocycles. The summed E-state index contributed by atoms with van der Waals surface area (Å²) >= 11 is 10.4. The van der Waals surface area contributed by atoms with E-state index in [1.54, 1.807) is 38.1 Å². The quantitative estimate of drug-likeness (QED) is 0.578. The zero-order chi connectivity index (χ0) is 18.7. The molecule has 0 aliphatic rings. The van der Waals surface area contributed by atoms with Gasteiger partial charge >= 0.3 is 0 Å². The lowest BCUT2D eigenvalue weighted by Crippen LogP contribution is -2.18. The Morgan fingerprint density at radius 2 is 1.96 bits per heavy atom. The minimum absolute atomic E-state index is 0.287. The van der Waals surface area contributed by atoms with Crippen LogP contribution in [0, 0.1) is 0 Å². The molecule has 3 rings (SSSR count). The predicted molar refractivity (Wildman–Crippen MR) is 111 cm³/mol. The molecule has 0 radical (unpaired) electrons. The van der Waals surface area contributed by atoms with Crippen LogP contribution in [0.5, 0.6) is 11.5 Å². The van der Waals surface area contributed by atoms with E-state index in [0.29, 0.717) is 25.5 Å². The number of fused-ring (bicyclic) bond motifs is 1. The van der Waals surface area contributed by atoms with E-state index >= 15 is 0 Å². The van der Waals surface area contributed by atoms with E-state index in [2.05, 4.69) is 4.99 Å². The molecule has 2 heterocycles. The molecular formula is C17H17ClN2O3S3. The predicted octanol–water partition coefficient (Wildman–Crippen LogP) is 4.54. The molecule has 9 heteroatoms. The smallest absolute Gasteiger partial charge is 0.289 e. The topological polar surface area (TPSA) is 52.8 Å². The highest BCUT2D eigenvalue weighted by molar-refractivity contribution is 7.98. The van der Waals surface area contributed by atoms with E-state index in [1.165, 1.54) is 22.7 Å². The van der Waals surface area contributed by atoms with Crippen LogP contribution in [0.3, 0.4) is 0 Å². The molecule has 0 saturated heterocycles. The number of thioether (sulfide) groups is 1. The van der Waals surface area contributed by atoms with Gasteiger partial charge in [0.15, 0.2) is 16.3 Å². The summed E-state index contributed by atoms with van der Waals surface area (Å²) in [5.74, 6) is 1.93. The molecule has 5 nitrogen and oxygen atoms in total. The number of carbonyl (C=O) groups is 1. The number of amides is 1. The van der Waals surface area contributed by atoms with Gasteiger partial charge in [0.25, 0.3) is 5.91 Å². The number of rotatable bonds is 6. The van der Waals surface area contributed by atoms with E-state index in [4.69, 9.17) is 21.1 Å². The van der Waals surface area contributed by atoms with Crippen LogP contribution in [-0.2, 0) is 6.54 Å². The maximum Gasteiger partial charge on any atom is 0.289 e. The van der Waals surface area contributed by atoms with Crippen molar-refractivity contribution in [1.29, 1.82) is 0 Å². The molecule has 0 bridgehead atoms. The molecule has 26 heavy (non-hydrogen) atoms. The zero-order valence-electron chi connectivity index (χ0n) is 14.4. The highest BCUT2D eigenvalue weighted by atomic mass is 35.5. The number of carbonyl (C=O) groups excluding carboxylic acids is 1. The molecule has 138 valence electrons. The van der Waals surface area contributed by atoms with E-state index in [9.17, 15) is 4.79 Å². The molecule has 0 fully saturated rings. The third-order valence-corrected chi connectivity index (χ3v) is 6.54. The molecule has 1 amide bonds. The van der Waals surface area contributed by atoms with Crippen LogP contribution in [0.15, 0.2) is 29.3 Å². The number of halogens is 1. The molecule has 0 aliphatic carbocycles. The average molecular weight is 429 g/mol. The maximum absolute atomic E-state index is 12.5. The molecule has 0 atom stereocenters. The van der Waals surface area contributed by atoms with Gasteiger partial charge in [0, 0.05) is 24.4 Å². The van der Waals surface area contributed by atoms with Crippen LogP contribution < -0.4 is 14.3 Å². The Kier molecular flexibility index (Phi) is 6.29. The Morgan fingerprint density at radius 1 is 1.23 bits per heavy atom. The average Bonchev–Trinajstić information content (AvgIpc) is 3.21. The Morgan fingerprint density at radius 3 is 2.58 bits per heavy atom. The molecule has 0 aliphatic heterocycles. The summed E-state index contributed by atoms with van der Waals surface area (Å²) in [5, 5.41) is 0. The number of ether oxygens (including phenoxy) is 2. The van der Waals surface area contributed by atoms with Gasteiger partial charge in [0.1, 0.15) is 0 Å². The fraction of sp³-hybridized carbons (Fsp3) is 0.294. The summed E-state index contributed by atoms with van der Waals surface area (Å²) in [5.41, 5.74) is 0.970. The Bertz CT molecular complexity index is 1010. The molecule has 0 spiro atoms. The number of benzene rings is 1. The lowest BCUT2D eigenvalue weighted by Gasteiger charge is -2.09. The summed E-state index contributed by atoms with van der Waals surface area (Å²) in [6.45, 7) is 0.744. The summed E-state index contributed by atoms with van der Waals surface area (Å²) in [7, 11) is 3.21. The molecule has 2 aromatic heterocycles. The normalized spacial score (nSPS) is 11.9. The second kappa shape index (κ2) is 8.47. The number of methoxy groups -OCH3 is 2. The molecule has 0 saturated carbocycles. The van der Waals surface area contributed by atoms with Crippen LogP contribution in [0.25, 0.3) is 10.2 Å². The van der Waals surface area contributed by atoms with Crippen molar-refractivity contribution in [1.82, 2.24) is 4.57 Å². The second-order valence-electron chi connectivity index (χ2n) is 5.22. The first-order valence-electron chi connectivity index (χ1n) is 7.66. The largest absolute Gasteiger partial charge is 0.493 e. The van der Waals surface area contributed by atoms with Gasteiger partial charge in [-0.15, -0.1) is 11.3 Å². The Labute approximate surface area is 168 Å². The molecule has 0 unspecified atom stereocenters. The number of nitrogens with zero attached hydrogens (tertiary/aromatic N) is 2. The van der Waals surface area contributed by atoms with Gasteiger partial charge < -0.3 is 14.0 Å². The van der Waals surface area contributed by atoms with Gasteiger partial charge in [-0.1, -0.05) is 22.9 Å². The number of aromatic nitrogens is 1. The monoisotopic (exact) mass is 428 g/mol. The number of aryl methyl sites for hydroxylation is 1. The SMILES string of the molecule is COc1cc2sc(=NC(=O)c3ccc(Cl)s3)n(CCSC)c2cc1OC. The summed E-state index contributed by atoms with van der Waals surface area (Å²) < 4.78 is 14.4. The highest BCUT2D eigenvalue weighted by Gasteiger charge is 2.14. The van der Waals surface area contributed by atoms with Gasteiger partial charge in [-0.05, 0) is 18.4 Å². The Hall–Kier alpha value is -1.48. The van der Waals surface area contributed by atoms with Crippen LogP contribution in [0.1, 0.15) is 9.67 Å². The van der Waals surface area contributed by atoms with Crippen molar-refractivity contribution < 1.29 is 14.3 Å². The van der Waals surface area contributed by atoms with Crippen molar-refractivity contribution in [2.45, 2.75) is 6.54 Å². The van der Waals surface area contributed by atoms with Gasteiger partial charge in [-0.25, -0.2) is 0 Å². The number of thiazole rings is 1. The summed E-state index contributed by atoms with van der Waals surface area (Å²) in [6.07, 6.45) is 2.05. The fourth-order valence-corrected chi connectivity index (χ4v) is 4.81. The van der Waals surface area contributed by atoms with E-state index in [-0.39, 0.29) is 5.91 Å². The first-order chi connectivity index (χ1) is 12.6. The zero-order valence-corrected chi connectivity index (χ0v) is 17.7. The van der Waals surface area contributed by atoms with Crippen LogP contribution in [-0.4, -0.2) is 36.7 Å². The van der Waals surface area contributed by atoms with Crippen molar-refractivity contribution in [3.8, 4) is 11.5 Å². The first-order valence-corrected chi connectivity index (χ1v) is 11.1. The van der Waals surface area contributed by atoms with Crippen LogP contribution >= 0.6 is 46.0 Å². The molecular weight excluding hydrogens is 412 g/mol. The van der Waals surface area contributed by atoms with Crippen molar-refractivity contribution in [2.24, 2.45) is 4.99 Å². The van der Waals surface area contributed by atoms with Crippen LogP contribution in [0.2, 0.25) is 4.34 Å².